The van der Waals surface area contributed by atoms with Crippen LogP contribution in [0, 0.1) is 6.92 Å². The van der Waals surface area contributed by atoms with Crippen LogP contribution >= 0.6 is 11.8 Å². The van der Waals surface area contributed by atoms with E-state index in [0.29, 0.717) is 17.4 Å². The van der Waals surface area contributed by atoms with Gasteiger partial charge in [0.05, 0.1) is 10.6 Å². The molecule has 0 aliphatic heterocycles. The van der Waals surface area contributed by atoms with Gasteiger partial charge in [-0.3, -0.25) is 4.79 Å². The van der Waals surface area contributed by atoms with Crippen LogP contribution in [0.4, 0.5) is 5.69 Å². The summed E-state index contributed by atoms with van der Waals surface area (Å²) in [5.74, 6) is 0.684. The molecule has 28 heavy (non-hydrogen) atoms. The fourth-order valence-electron chi connectivity index (χ4n) is 2.31. The summed E-state index contributed by atoms with van der Waals surface area (Å²) in [6.07, 6.45) is 1.74. The molecule has 0 radical (unpaired) electrons. The Hall–Kier alpha value is -2.17. The molecule has 1 amide bonds. The molecule has 0 saturated carbocycles. The molecule has 0 saturated heterocycles. The van der Waals surface area contributed by atoms with Crippen LogP contribution in [0.2, 0.25) is 0 Å². The van der Waals surface area contributed by atoms with E-state index in [1.54, 1.807) is 39.0 Å². The van der Waals surface area contributed by atoms with Gasteiger partial charge in [-0.05, 0) is 52.0 Å². The third-order valence-corrected chi connectivity index (χ3v) is 6.18. The van der Waals surface area contributed by atoms with Gasteiger partial charge in [0.2, 0.25) is 15.9 Å². The zero-order chi connectivity index (χ0) is 20.9. The molecular weight excluding hydrogens is 398 g/mol. The maximum Gasteiger partial charge on any atom is 0.241 e. The van der Waals surface area contributed by atoms with Crippen molar-refractivity contribution in [1.29, 1.82) is 0 Å². The predicted molar refractivity (Wildman–Crippen MR) is 111 cm³/mol. The zero-order valence-electron chi connectivity index (χ0n) is 16.4. The first kappa shape index (κ1) is 22.1. The van der Waals surface area contributed by atoms with Crippen molar-refractivity contribution >= 4 is 33.4 Å². The lowest BCUT2D eigenvalue weighted by atomic mass is 10.1. The first-order valence-corrected chi connectivity index (χ1v) is 11.1. The van der Waals surface area contributed by atoms with Crippen molar-refractivity contribution in [3.05, 3.63) is 42.7 Å². The van der Waals surface area contributed by atoms with Gasteiger partial charge < -0.3 is 9.88 Å². The molecular formula is C18H25N5O3S2. The molecule has 0 bridgehead atoms. The van der Waals surface area contributed by atoms with Gasteiger partial charge in [-0.1, -0.05) is 17.8 Å². The van der Waals surface area contributed by atoms with E-state index in [4.69, 9.17) is 0 Å². The van der Waals surface area contributed by atoms with Crippen molar-refractivity contribution in [3.8, 4) is 0 Å². The van der Waals surface area contributed by atoms with E-state index in [2.05, 4.69) is 26.8 Å². The molecule has 10 heteroatoms. The Labute approximate surface area is 169 Å². The van der Waals surface area contributed by atoms with Crippen LogP contribution in [0.1, 0.15) is 26.6 Å². The molecule has 0 aliphatic rings. The maximum absolute atomic E-state index is 12.3. The molecule has 2 aromatic rings. The van der Waals surface area contributed by atoms with Gasteiger partial charge >= 0.3 is 0 Å². The van der Waals surface area contributed by atoms with Crippen LogP contribution in [0.5, 0.6) is 0 Å². The summed E-state index contributed by atoms with van der Waals surface area (Å²) < 4.78 is 29.1. The van der Waals surface area contributed by atoms with Gasteiger partial charge in [0.25, 0.3) is 0 Å². The number of aromatic nitrogens is 3. The number of benzene rings is 1. The van der Waals surface area contributed by atoms with Crippen molar-refractivity contribution in [1.82, 2.24) is 19.5 Å². The SMILES string of the molecule is C=CCn1c(C)nnc1SCC(=O)Nc1ccc(S(=O)(=O)NC(C)(C)C)cc1. The van der Waals surface area contributed by atoms with Crippen molar-refractivity contribution in [2.24, 2.45) is 0 Å². The summed E-state index contributed by atoms with van der Waals surface area (Å²) in [6.45, 7) is 11.4. The Kier molecular flexibility index (Phi) is 7.02. The van der Waals surface area contributed by atoms with Crippen molar-refractivity contribution in [2.75, 3.05) is 11.1 Å². The molecule has 1 heterocycles. The van der Waals surface area contributed by atoms with Crippen molar-refractivity contribution < 1.29 is 13.2 Å². The van der Waals surface area contributed by atoms with Gasteiger partial charge in [-0.2, -0.15) is 0 Å². The Morgan fingerprint density at radius 2 is 1.89 bits per heavy atom. The standard InChI is InChI=1S/C18H25N5O3S2/c1-6-11-23-13(2)20-21-17(23)27-12-16(24)19-14-7-9-15(10-8-14)28(25,26)22-18(3,4)5/h6-10,22H,1,11-12H2,2-5H3,(H,19,24). The number of carbonyl (C=O) groups excluding carboxylic acids is 1. The minimum atomic E-state index is -3.61. The number of nitrogens with one attached hydrogen (secondary N) is 2. The van der Waals surface area contributed by atoms with E-state index < -0.39 is 15.6 Å². The van der Waals surface area contributed by atoms with E-state index in [1.165, 1.54) is 23.9 Å². The van der Waals surface area contributed by atoms with Gasteiger partial charge in [-0.15, -0.1) is 16.8 Å². The molecule has 152 valence electrons. The topological polar surface area (TPSA) is 106 Å². The number of carbonyl (C=O) groups is 1. The van der Waals surface area contributed by atoms with E-state index in [0.717, 1.165) is 5.82 Å². The number of amides is 1. The molecule has 0 atom stereocenters. The molecule has 0 spiro atoms. The second-order valence-corrected chi connectivity index (χ2v) is 9.77. The average molecular weight is 424 g/mol. The van der Waals surface area contributed by atoms with Crippen LogP contribution in [0.15, 0.2) is 47.0 Å². The third kappa shape index (κ3) is 6.18. The second-order valence-electron chi connectivity index (χ2n) is 7.15. The Morgan fingerprint density at radius 1 is 1.25 bits per heavy atom. The lowest BCUT2D eigenvalue weighted by molar-refractivity contribution is -0.113. The summed E-state index contributed by atoms with van der Waals surface area (Å²) in [5, 5.41) is 11.4. The highest BCUT2D eigenvalue weighted by Gasteiger charge is 2.21. The third-order valence-electron chi connectivity index (χ3n) is 3.43. The molecule has 0 fully saturated rings. The van der Waals surface area contributed by atoms with Crippen LogP contribution in [-0.4, -0.2) is 40.4 Å². The average Bonchev–Trinajstić information content (AvgIpc) is 2.92. The largest absolute Gasteiger partial charge is 0.325 e. The lowest BCUT2D eigenvalue weighted by Crippen LogP contribution is -2.40. The second kappa shape index (κ2) is 8.89. The molecule has 2 rings (SSSR count). The summed E-state index contributed by atoms with van der Waals surface area (Å²) in [6, 6.07) is 6.04. The van der Waals surface area contributed by atoms with Gasteiger partial charge in [0.15, 0.2) is 5.16 Å². The minimum absolute atomic E-state index is 0.141. The van der Waals surface area contributed by atoms with E-state index in [1.807, 2.05) is 11.5 Å². The van der Waals surface area contributed by atoms with Crippen LogP contribution < -0.4 is 10.0 Å². The highest BCUT2D eigenvalue weighted by Crippen LogP contribution is 2.19. The number of thioether (sulfide) groups is 1. The van der Waals surface area contributed by atoms with E-state index >= 15 is 0 Å². The summed E-state index contributed by atoms with van der Waals surface area (Å²) >= 11 is 1.27. The normalized spacial score (nSPS) is 12.0. The molecule has 1 aromatic heterocycles. The van der Waals surface area contributed by atoms with Crippen molar-refractivity contribution in [3.63, 3.8) is 0 Å². The number of hydrogen-bond acceptors (Lipinski definition) is 6. The van der Waals surface area contributed by atoms with Gasteiger partial charge in [-0.25, -0.2) is 13.1 Å². The number of anilines is 1. The molecule has 8 nitrogen and oxygen atoms in total. The Balaban J connectivity index is 1.97. The predicted octanol–water partition coefficient (Wildman–Crippen LogP) is 2.58. The minimum Gasteiger partial charge on any atom is -0.325 e. The molecule has 1 aromatic carbocycles. The zero-order valence-corrected chi connectivity index (χ0v) is 18.0. The first-order valence-electron chi connectivity index (χ1n) is 8.59. The quantitative estimate of drug-likeness (QED) is 0.499. The monoisotopic (exact) mass is 423 g/mol. The molecule has 0 aliphatic carbocycles. The number of aryl methyl sites for hydroxylation is 1. The number of rotatable bonds is 8. The summed E-state index contributed by atoms with van der Waals surface area (Å²) in [5.41, 5.74) is -0.0583. The van der Waals surface area contributed by atoms with E-state index in [-0.39, 0.29) is 16.6 Å². The highest BCUT2D eigenvalue weighted by molar-refractivity contribution is 7.99. The van der Waals surface area contributed by atoms with Crippen LogP contribution in [0.25, 0.3) is 0 Å². The first-order chi connectivity index (χ1) is 13.0. The Morgan fingerprint density at radius 3 is 2.46 bits per heavy atom. The molecule has 2 N–H and O–H groups in total. The van der Waals surface area contributed by atoms with Crippen LogP contribution in [0.3, 0.4) is 0 Å². The lowest BCUT2D eigenvalue weighted by Gasteiger charge is -2.20. The van der Waals surface area contributed by atoms with Gasteiger partial charge in [0, 0.05) is 17.8 Å². The number of hydrogen-bond donors (Lipinski definition) is 2. The number of sulfonamides is 1. The van der Waals surface area contributed by atoms with E-state index in [9.17, 15) is 13.2 Å². The van der Waals surface area contributed by atoms with Gasteiger partial charge in [0.1, 0.15) is 5.82 Å². The smallest absolute Gasteiger partial charge is 0.241 e. The summed E-state index contributed by atoms with van der Waals surface area (Å²) in [4.78, 5) is 12.3. The molecule has 0 unspecified atom stereocenters. The fraction of sp³-hybridized carbons (Fsp3) is 0.389. The number of nitrogens with zero attached hydrogens (tertiary/aromatic N) is 3. The van der Waals surface area contributed by atoms with Crippen molar-refractivity contribution in [2.45, 2.75) is 49.8 Å². The number of allylic oxidation sites excluding steroid dienone is 1. The maximum atomic E-state index is 12.3. The highest BCUT2D eigenvalue weighted by atomic mass is 32.2. The fourth-order valence-corrected chi connectivity index (χ4v) is 4.53. The summed E-state index contributed by atoms with van der Waals surface area (Å²) in [7, 11) is -3.61. The van der Waals surface area contributed by atoms with Crippen LogP contribution in [-0.2, 0) is 21.4 Å². The Bertz CT molecular complexity index is 945.